The van der Waals surface area contributed by atoms with Gasteiger partial charge in [0.25, 0.3) is 0 Å². The first kappa shape index (κ1) is 11.2. The predicted molar refractivity (Wildman–Crippen MR) is 69.7 cm³/mol. The van der Waals surface area contributed by atoms with Crippen molar-refractivity contribution in [1.82, 2.24) is 0 Å². The highest BCUT2D eigenvalue weighted by molar-refractivity contribution is 5.54. The van der Waals surface area contributed by atoms with Crippen LogP contribution in [-0.4, -0.2) is 0 Å². The molecule has 0 aliphatic rings. The molecule has 0 radical (unpaired) electrons. The fourth-order valence-corrected chi connectivity index (χ4v) is 1.72. The van der Waals surface area contributed by atoms with Crippen LogP contribution >= 0.6 is 0 Å². The van der Waals surface area contributed by atoms with E-state index in [-0.39, 0.29) is 0 Å². The number of nitriles is 1. The van der Waals surface area contributed by atoms with Crippen molar-refractivity contribution in [2.45, 2.75) is 13.5 Å². The monoisotopic (exact) mass is 222 g/mol. The Morgan fingerprint density at radius 3 is 2.53 bits per heavy atom. The minimum atomic E-state index is 0.702. The van der Waals surface area contributed by atoms with E-state index in [0.717, 1.165) is 17.8 Å². The van der Waals surface area contributed by atoms with Crippen LogP contribution < -0.4 is 5.32 Å². The van der Waals surface area contributed by atoms with Crippen molar-refractivity contribution >= 4 is 5.69 Å². The molecule has 0 amide bonds. The summed E-state index contributed by atoms with van der Waals surface area (Å²) >= 11 is 0. The molecule has 0 fully saturated rings. The van der Waals surface area contributed by atoms with Gasteiger partial charge >= 0.3 is 0 Å². The van der Waals surface area contributed by atoms with Crippen LogP contribution in [-0.2, 0) is 6.54 Å². The SMILES string of the molecule is Cc1cc(C#N)ccc1NCc1ccccc1. The summed E-state index contributed by atoms with van der Waals surface area (Å²) < 4.78 is 0. The molecule has 0 aromatic heterocycles. The quantitative estimate of drug-likeness (QED) is 0.863. The highest BCUT2D eigenvalue weighted by Crippen LogP contribution is 2.17. The van der Waals surface area contributed by atoms with Gasteiger partial charge in [0.05, 0.1) is 11.6 Å². The van der Waals surface area contributed by atoms with Gasteiger partial charge in [0, 0.05) is 12.2 Å². The standard InChI is InChI=1S/C15H14N2/c1-12-9-14(10-16)7-8-15(12)17-11-13-5-3-2-4-6-13/h2-9,17H,11H2,1H3. The molecule has 0 bridgehead atoms. The van der Waals surface area contributed by atoms with Gasteiger partial charge in [-0.05, 0) is 36.2 Å². The lowest BCUT2D eigenvalue weighted by atomic mass is 10.1. The zero-order valence-electron chi connectivity index (χ0n) is 9.77. The first-order chi connectivity index (χ1) is 8.29. The number of nitrogens with one attached hydrogen (secondary N) is 1. The molecule has 0 unspecified atom stereocenters. The van der Waals surface area contributed by atoms with Crippen molar-refractivity contribution < 1.29 is 0 Å². The molecule has 2 aromatic rings. The summed E-state index contributed by atoms with van der Waals surface area (Å²) in [6.45, 7) is 2.81. The molecule has 0 heterocycles. The summed E-state index contributed by atoms with van der Waals surface area (Å²) in [5, 5.41) is 12.2. The van der Waals surface area contributed by atoms with E-state index >= 15 is 0 Å². The second kappa shape index (κ2) is 5.18. The predicted octanol–water partition coefficient (Wildman–Crippen LogP) is 3.48. The second-order valence-corrected chi connectivity index (χ2v) is 3.98. The Balaban J connectivity index is 2.08. The average molecular weight is 222 g/mol. The molecule has 2 rings (SSSR count). The van der Waals surface area contributed by atoms with Gasteiger partial charge in [-0.1, -0.05) is 30.3 Å². The first-order valence-corrected chi connectivity index (χ1v) is 5.58. The van der Waals surface area contributed by atoms with Crippen LogP contribution in [0.1, 0.15) is 16.7 Å². The van der Waals surface area contributed by atoms with Gasteiger partial charge in [0.15, 0.2) is 0 Å². The molecule has 0 atom stereocenters. The van der Waals surface area contributed by atoms with Gasteiger partial charge in [-0.25, -0.2) is 0 Å². The average Bonchev–Trinajstić information content (AvgIpc) is 2.38. The third-order valence-corrected chi connectivity index (χ3v) is 2.68. The van der Waals surface area contributed by atoms with E-state index in [1.807, 2.05) is 43.3 Å². The first-order valence-electron chi connectivity index (χ1n) is 5.58. The Hall–Kier alpha value is -2.27. The summed E-state index contributed by atoms with van der Waals surface area (Å²) in [7, 11) is 0. The van der Waals surface area contributed by atoms with Crippen LogP contribution in [0.2, 0.25) is 0 Å². The number of nitrogens with zero attached hydrogens (tertiary/aromatic N) is 1. The van der Waals surface area contributed by atoms with Crippen LogP contribution in [0.4, 0.5) is 5.69 Å². The second-order valence-electron chi connectivity index (χ2n) is 3.98. The summed E-state index contributed by atoms with van der Waals surface area (Å²) in [6, 6.07) is 18.1. The van der Waals surface area contributed by atoms with Crippen molar-refractivity contribution in [2.75, 3.05) is 5.32 Å². The Morgan fingerprint density at radius 2 is 1.88 bits per heavy atom. The zero-order chi connectivity index (χ0) is 12.1. The molecule has 0 saturated heterocycles. The Labute approximate surface area is 102 Å². The van der Waals surface area contributed by atoms with Crippen molar-refractivity contribution in [3.63, 3.8) is 0 Å². The molecule has 84 valence electrons. The molecule has 0 aliphatic carbocycles. The summed E-state index contributed by atoms with van der Waals surface area (Å²) in [5.41, 5.74) is 4.12. The maximum Gasteiger partial charge on any atom is 0.0991 e. The maximum absolute atomic E-state index is 8.79. The third kappa shape index (κ3) is 2.85. The van der Waals surface area contributed by atoms with E-state index in [2.05, 4.69) is 23.5 Å². The van der Waals surface area contributed by atoms with Crippen molar-refractivity contribution in [2.24, 2.45) is 0 Å². The smallest absolute Gasteiger partial charge is 0.0991 e. The largest absolute Gasteiger partial charge is 0.381 e. The fourth-order valence-electron chi connectivity index (χ4n) is 1.72. The van der Waals surface area contributed by atoms with Crippen molar-refractivity contribution in [3.8, 4) is 6.07 Å². The van der Waals surface area contributed by atoms with E-state index in [0.29, 0.717) is 5.56 Å². The topological polar surface area (TPSA) is 35.8 Å². The fraction of sp³-hybridized carbons (Fsp3) is 0.133. The Morgan fingerprint density at radius 1 is 1.12 bits per heavy atom. The number of aryl methyl sites for hydroxylation is 1. The van der Waals surface area contributed by atoms with E-state index in [1.165, 1.54) is 5.56 Å². The van der Waals surface area contributed by atoms with Crippen molar-refractivity contribution in [1.29, 1.82) is 5.26 Å². The van der Waals surface area contributed by atoms with Crippen LogP contribution in [0.25, 0.3) is 0 Å². The molecule has 17 heavy (non-hydrogen) atoms. The molecule has 2 nitrogen and oxygen atoms in total. The van der Waals surface area contributed by atoms with Gasteiger partial charge in [-0.15, -0.1) is 0 Å². The highest BCUT2D eigenvalue weighted by atomic mass is 14.9. The molecular formula is C15H14N2. The van der Waals surface area contributed by atoms with E-state index in [1.54, 1.807) is 0 Å². The summed E-state index contributed by atoms with van der Waals surface area (Å²) in [5.74, 6) is 0. The number of rotatable bonds is 3. The normalized spacial score (nSPS) is 9.65. The molecule has 2 heteroatoms. The van der Waals surface area contributed by atoms with Crippen LogP contribution in [0, 0.1) is 18.3 Å². The van der Waals surface area contributed by atoms with Gasteiger partial charge in [0.1, 0.15) is 0 Å². The number of hydrogen-bond donors (Lipinski definition) is 1. The minimum Gasteiger partial charge on any atom is -0.381 e. The molecule has 0 aliphatic heterocycles. The molecule has 1 N–H and O–H groups in total. The van der Waals surface area contributed by atoms with Gasteiger partial charge in [-0.3, -0.25) is 0 Å². The molecule has 0 saturated carbocycles. The van der Waals surface area contributed by atoms with Gasteiger partial charge in [0.2, 0.25) is 0 Å². The molecule has 2 aromatic carbocycles. The van der Waals surface area contributed by atoms with Crippen molar-refractivity contribution in [3.05, 3.63) is 65.2 Å². The van der Waals surface area contributed by atoms with Crippen LogP contribution in [0.3, 0.4) is 0 Å². The maximum atomic E-state index is 8.79. The van der Waals surface area contributed by atoms with E-state index < -0.39 is 0 Å². The van der Waals surface area contributed by atoms with E-state index in [4.69, 9.17) is 5.26 Å². The van der Waals surface area contributed by atoms with E-state index in [9.17, 15) is 0 Å². The lowest BCUT2D eigenvalue weighted by molar-refractivity contribution is 1.14. The van der Waals surface area contributed by atoms with Crippen LogP contribution in [0.5, 0.6) is 0 Å². The molecule has 0 spiro atoms. The summed E-state index contributed by atoms with van der Waals surface area (Å²) in [6.07, 6.45) is 0. The van der Waals surface area contributed by atoms with Gasteiger partial charge < -0.3 is 5.32 Å². The van der Waals surface area contributed by atoms with Gasteiger partial charge in [-0.2, -0.15) is 5.26 Å². The highest BCUT2D eigenvalue weighted by Gasteiger charge is 1.99. The molecular weight excluding hydrogens is 208 g/mol. The lowest BCUT2D eigenvalue weighted by Gasteiger charge is -2.09. The van der Waals surface area contributed by atoms with Crippen LogP contribution in [0.15, 0.2) is 48.5 Å². The zero-order valence-corrected chi connectivity index (χ0v) is 9.77. The third-order valence-electron chi connectivity index (χ3n) is 2.68. The Kier molecular flexibility index (Phi) is 3.42. The number of benzene rings is 2. The Bertz CT molecular complexity index is 539. The number of anilines is 1. The lowest BCUT2D eigenvalue weighted by Crippen LogP contribution is -2.00. The summed E-state index contributed by atoms with van der Waals surface area (Å²) in [4.78, 5) is 0. The number of hydrogen-bond acceptors (Lipinski definition) is 2. The minimum absolute atomic E-state index is 0.702.